The Kier molecular flexibility index (Phi) is 5.29. The van der Waals surface area contributed by atoms with E-state index in [1.807, 2.05) is 12.1 Å². The number of hydrogen-bond acceptors (Lipinski definition) is 4. The fourth-order valence-electron chi connectivity index (χ4n) is 4.41. The van der Waals surface area contributed by atoms with Gasteiger partial charge in [0.2, 0.25) is 5.09 Å². The monoisotopic (exact) mass is 416 g/mol. The smallest absolute Gasteiger partial charge is 0.287 e. The lowest BCUT2D eigenvalue weighted by atomic mass is 9.71. The minimum Gasteiger partial charge on any atom is -0.438 e. The zero-order valence-corrected chi connectivity index (χ0v) is 17.8. The number of benzene rings is 1. The first-order chi connectivity index (χ1) is 13.8. The molecule has 6 nitrogen and oxygen atoms in total. The summed E-state index contributed by atoms with van der Waals surface area (Å²) in [5, 5.41) is 2.87. The first kappa shape index (κ1) is 20.2. The van der Waals surface area contributed by atoms with Gasteiger partial charge in [-0.05, 0) is 54.4 Å². The summed E-state index contributed by atoms with van der Waals surface area (Å²) in [6.07, 6.45) is 4.53. The zero-order valence-electron chi connectivity index (χ0n) is 17.0. The van der Waals surface area contributed by atoms with Crippen LogP contribution in [-0.2, 0) is 15.4 Å². The summed E-state index contributed by atoms with van der Waals surface area (Å²) in [7, 11) is -3.69. The van der Waals surface area contributed by atoms with Crippen LogP contribution < -0.4 is 5.32 Å². The van der Waals surface area contributed by atoms with Crippen LogP contribution in [0.5, 0.6) is 0 Å². The molecule has 1 aliphatic heterocycles. The maximum Gasteiger partial charge on any atom is 0.287 e. The summed E-state index contributed by atoms with van der Waals surface area (Å²) < 4.78 is 32.4. The van der Waals surface area contributed by atoms with Crippen molar-refractivity contribution < 1.29 is 17.6 Å². The Morgan fingerprint density at radius 3 is 2.59 bits per heavy atom. The molecule has 0 bridgehead atoms. The van der Waals surface area contributed by atoms with Gasteiger partial charge >= 0.3 is 0 Å². The van der Waals surface area contributed by atoms with Gasteiger partial charge in [-0.3, -0.25) is 4.79 Å². The molecule has 1 amide bonds. The lowest BCUT2D eigenvalue weighted by Crippen LogP contribution is -2.36. The summed E-state index contributed by atoms with van der Waals surface area (Å²) in [6.45, 7) is 5.43. The Hall–Kier alpha value is -2.12. The zero-order chi connectivity index (χ0) is 20.6. The van der Waals surface area contributed by atoms with Crippen LogP contribution in [0.4, 0.5) is 0 Å². The molecule has 4 rings (SSSR count). The van der Waals surface area contributed by atoms with Gasteiger partial charge in [0.25, 0.3) is 15.9 Å². The Morgan fingerprint density at radius 1 is 1.10 bits per heavy atom. The SMILES string of the molecule is CC1(C)CCC(NC(=O)c2ccc(S(=O)(=O)N3CCCCC3)o2)c2ccccc21. The molecule has 29 heavy (non-hydrogen) atoms. The van der Waals surface area contributed by atoms with Crippen molar-refractivity contribution >= 4 is 15.9 Å². The Morgan fingerprint density at radius 2 is 1.83 bits per heavy atom. The largest absolute Gasteiger partial charge is 0.438 e. The molecule has 1 atom stereocenters. The summed E-state index contributed by atoms with van der Waals surface area (Å²) in [4.78, 5) is 12.8. The second kappa shape index (κ2) is 7.61. The number of amides is 1. The molecular weight excluding hydrogens is 388 g/mol. The van der Waals surface area contributed by atoms with E-state index >= 15 is 0 Å². The number of furan rings is 1. The van der Waals surface area contributed by atoms with Crippen LogP contribution in [-0.4, -0.2) is 31.7 Å². The van der Waals surface area contributed by atoms with Crippen LogP contribution in [0.1, 0.15) is 73.7 Å². The minimum absolute atomic E-state index is 0.0305. The number of carbonyl (C=O) groups is 1. The number of nitrogens with zero attached hydrogens (tertiary/aromatic N) is 1. The molecule has 0 saturated carbocycles. The topological polar surface area (TPSA) is 79.6 Å². The molecule has 2 aliphatic rings. The van der Waals surface area contributed by atoms with Crippen LogP contribution in [0.25, 0.3) is 0 Å². The highest BCUT2D eigenvalue weighted by Gasteiger charge is 2.34. The minimum atomic E-state index is -3.69. The van der Waals surface area contributed by atoms with Crippen molar-refractivity contribution in [1.29, 1.82) is 0 Å². The molecule has 1 aromatic heterocycles. The molecule has 1 unspecified atom stereocenters. The van der Waals surface area contributed by atoms with Crippen LogP contribution >= 0.6 is 0 Å². The molecule has 0 radical (unpaired) electrons. The van der Waals surface area contributed by atoms with Crippen molar-refractivity contribution in [1.82, 2.24) is 9.62 Å². The van der Waals surface area contributed by atoms with E-state index in [1.165, 1.54) is 22.0 Å². The predicted octanol–water partition coefficient (Wildman–Crippen LogP) is 4.00. The average Bonchev–Trinajstić information content (AvgIpc) is 3.22. The van der Waals surface area contributed by atoms with E-state index in [2.05, 4.69) is 31.3 Å². The predicted molar refractivity (Wildman–Crippen MR) is 110 cm³/mol. The molecule has 1 fully saturated rings. The van der Waals surface area contributed by atoms with Crippen molar-refractivity contribution in [2.24, 2.45) is 0 Å². The number of hydrogen-bond donors (Lipinski definition) is 1. The lowest BCUT2D eigenvalue weighted by Gasteiger charge is -2.37. The quantitative estimate of drug-likeness (QED) is 0.817. The molecule has 1 saturated heterocycles. The van der Waals surface area contributed by atoms with Gasteiger partial charge in [-0.2, -0.15) is 4.31 Å². The third-order valence-corrected chi connectivity index (χ3v) is 7.92. The van der Waals surface area contributed by atoms with E-state index in [0.717, 1.165) is 37.7 Å². The average molecular weight is 417 g/mol. The summed E-state index contributed by atoms with van der Waals surface area (Å²) in [5.41, 5.74) is 2.42. The van der Waals surface area contributed by atoms with Crippen molar-refractivity contribution in [3.63, 3.8) is 0 Å². The molecule has 1 aliphatic carbocycles. The van der Waals surface area contributed by atoms with E-state index in [9.17, 15) is 13.2 Å². The van der Waals surface area contributed by atoms with Crippen molar-refractivity contribution in [2.75, 3.05) is 13.1 Å². The number of fused-ring (bicyclic) bond motifs is 1. The van der Waals surface area contributed by atoms with Crippen LogP contribution in [0.15, 0.2) is 45.9 Å². The molecule has 1 aromatic carbocycles. The van der Waals surface area contributed by atoms with Gasteiger partial charge in [0.05, 0.1) is 6.04 Å². The third kappa shape index (κ3) is 3.85. The maximum atomic E-state index is 12.8. The van der Waals surface area contributed by atoms with Gasteiger partial charge in [0.1, 0.15) is 0 Å². The maximum absolute atomic E-state index is 12.8. The summed E-state index contributed by atoms with van der Waals surface area (Å²) in [6, 6.07) is 10.9. The highest BCUT2D eigenvalue weighted by molar-refractivity contribution is 7.89. The van der Waals surface area contributed by atoms with E-state index < -0.39 is 10.0 Å². The number of nitrogens with one attached hydrogen (secondary N) is 1. The number of sulfonamides is 1. The van der Waals surface area contributed by atoms with E-state index in [0.29, 0.717) is 13.1 Å². The third-order valence-electron chi connectivity index (χ3n) is 6.14. The Bertz CT molecular complexity index is 1000. The fraction of sp³-hybridized carbons (Fsp3) is 0.500. The lowest BCUT2D eigenvalue weighted by molar-refractivity contribution is 0.0895. The van der Waals surface area contributed by atoms with E-state index in [-0.39, 0.29) is 28.2 Å². The molecule has 2 heterocycles. The molecule has 2 aromatic rings. The Balaban J connectivity index is 1.52. The second-order valence-corrected chi connectivity index (χ2v) is 10.5. The fourth-order valence-corrected chi connectivity index (χ4v) is 5.83. The number of piperidine rings is 1. The van der Waals surface area contributed by atoms with Gasteiger partial charge in [-0.1, -0.05) is 44.5 Å². The van der Waals surface area contributed by atoms with Crippen molar-refractivity contribution in [3.05, 3.63) is 53.3 Å². The first-order valence-corrected chi connectivity index (χ1v) is 11.7. The molecule has 7 heteroatoms. The normalized spacial score (nSPS) is 22.1. The van der Waals surface area contributed by atoms with E-state index in [4.69, 9.17) is 4.42 Å². The van der Waals surface area contributed by atoms with Gasteiger partial charge in [-0.25, -0.2) is 8.42 Å². The molecule has 156 valence electrons. The number of carbonyl (C=O) groups excluding carboxylic acids is 1. The van der Waals surface area contributed by atoms with Crippen molar-refractivity contribution in [2.45, 2.75) is 62.5 Å². The summed E-state index contributed by atoms with van der Waals surface area (Å²) >= 11 is 0. The van der Waals surface area contributed by atoms with E-state index in [1.54, 1.807) is 0 Å². The van der Waals surface area contributed by atoms with Gasteiger partial charge < -0.3 is 9.73 Å². The van der Waals surface area contributed by atoms with Gasteiger partial charge in [0.15, 0.2) is 5.76 Å². The number of rotatable bonds is 4. The second-order valence-electron chi connectivity index (χ2n) is 8.62. The Labute approximate surface area is 172 Å². The van der Waals surface area contributed by atoms with Crippen molar-refractivity contribution in [3.8, 4) is 0 Å². The molecular formula is C22H28N2O4S. The van der Waals surface area contributed by atoms with Crippen LogP contribution in [0, 0.1) is 0 Å². The van der Waals surface area contributed by atoms with Gasteiger partial charge in [0, 0.05) is 13.1 Å². The first-order valence-electron chi connectivity index (χ1n) is 10.3. The molecule has 1 N–H and O–H groups in total. The van der Waals surface area contributed by atoms with Crippen LogP contribution in [0.2, 0.25) is 0 Å². The highest BCUT2D eigenvalue weighted by atomic mass is 32.2. The summed E-state index contributed by atoms with van der Waals surface area (Å²) in [5.74, 6) is -0.354. The standard InChI is InChI=1S/C22H28N2O4S/c1-22(2)13-12-18(16-8-4-5-9-17(16)22)23-21(25)19-10-11-20(28-19)29(26,27)24-14-6-3-7-15-24/h4-5,8-11,18H,3,6-7,12-15H2,1-2H3,(H,23,25). The molecule has 0 spiro atoms. The highest BCUT2D eigenvalue weighted by Crippen LogP contribution is 2.41. The van der Waals surface area contributed by atoms with Crippen LogP contribution in [0.3, 0.4) is 0 Å². The van der Waals surface area contributed by atoms with Gasteiger partial charge in [-0.15, -0.1) is 0 Å².